The van der Waals surface area contributed by atoms with Crippen molar-refractivity contribution < 1.29 is 8.42 Å². The second kappa shape index (κ2) is 9.65. The Morgan fingerprint density at radius 3 is 1.55 bits per heavy atom. The molecule has 0 saturated heterocycles. The van der Waals surface area contributed by atoms with Crippen molar-refractivity contribution in [3.63, 3.8) is 0 Å². The third-order valence-corrected chi connectivity index (χ3v) is 10.8. The largest absolute Gasteiger partial charge is 0.308 e. The molecule has 0 atom stereocenters. The number of nitrogens with zero attached hydrogens (tertiary/aromatic N) is 2. The van der Waals surface area contributed by atoms with E-state index >= 15 is 0 Å². The number of para-hydroxylation sites is 5. The summed E-state index contributed by atoms with van der Waals surface area (Å²) in [5, 5.41) is 2.18. The van der Waals surface area contributed by atoms with Crippen molar-refractivity contribution in [2.45, 2.75) is 19.6 Å². The summed E-state index contributed by atoms with van der Waals surface area (Å²) in [5.41, 5.74) is 5.63. The minimum atomic E-state index is -3.84. The van der Waals surface area contributed by atoms with Crippen LogP contribution in [0.5, 0.6) is 0 Å². The zero-order valence-corrected chi connectivity index (χ0v) is 24.0. The molecule has 0 fully saturated rings. The Kier molecular flexibility index (Phi) is 5.74. The van der Waals surface area contributed by atoms with E-state index in [2.05, 4.69) is 45.9 Å². The molecule has 0 saturated carbocycles. The lowest BCUT2D eigenvalue weighted by atomic mass is 10.2. The molecule has 202 valence electrons. The number of rotatable bonds is 4. The van der Waals surface area contributed by atoms with Gasteiger partial charge in [-0.2, -0.15) is 0 Å². The van der Waals surface area contributed by atoms with Crippen molar-refractivity contribution in [3.05, 3.63) is 146 Å². The zero-order valence-electron chi connectivity index (χ0n) is 22.4. The Hall–Kier alpha value is -4.78. The average molecular weight is 581 g/mol. The highest BCUT2D eigenvalue weighted by Crippen LogP contribution is 2.51. The third kappa shape index (κ3) is 3.80. The number of anilines is 3. The molecule has 0 amide bonds. The van der Waals surface area contributed by atoms with Gasteiger partial charge in [0.05, 0.1) is 37.9 Å². The smallest absolute Gasteiger partial charge is 0.208 e. The first-order valence-corrected chi connectivity index (χ1v) is 16.0. The first-order chi connectivity index (χ1) is 20.6. The number of fused-ring (bicyclic) bond motifs is 5. The van der Waals surface area contributed by atoms with Gasteiger partial charge in [-0.05, 0) is 72.8 Å². The Labute approximate surface area is 248 Å². The standard InChI is InChI=1S/C36H24N2O2S2/c39-42(40,36-20-10-7-17-33(36)38-29-13-3-1-11-27(29)28-12-2-4-14-30(28)38)26-23-21-25(22-24-26)37-31-15-5-8-18-34(31)41-35-19-9-6-16-32(35)37/h1-24H. The maximum absolute atomic E-state index is 14.3. The fourth-order valence-corrected chi connectivity index (χ4v) is 8.43. The first-order valence-electron chi connectivity index (χ1n) is 13.7. The van der Waals surface area contributed by atoms with E-state index in [9.17, 15) is 8.42 Å². The summed E-state index contributed by atoms with van der Waals surface area (Å²) in [6, 6.07) is 47.4. The van der Waals surface area contributed by atoms with Gasteiger partial charge < -0.3 is 9.47 Å². The molecule has 0 N–H and O–H groups in total. The van der Waals surface area contributed by atoms with Gasteiger partial charge in [-0.1, -0.05) is 84.6 Å². The van der Waals surface area contributed by atoms with Gasteiger partial charge in [-0.3, -0.25) is 0 Å². The maximum Gasteiger partial charge on any atom is 0.208 e. The normalized spacial score (nSPS) is 12.8. The van der Waals surface area contributed by atoms with Crippen LogP contribution in [0.3, 0.4) is 0 Å². The molecule has 1 aliphatic heterocycles. The van der Waals surface area contributed by atoms with E-state index in [-0.39, 0.29) is 9.79 Å². The van der Waals surface area contributed by atoms with Crippen molar-refractivity contribution in [1.29, 1.82) is 0 Å². The van der Waals surface area contributed by atoms with E-state index in [0.717, 1.165) is 48.7 Å². The van der Waals surface area contributed by atoms with E-state index in [0.29, 0.717) is 5.69 Å². The molecule has 7 aromatic rings. The van der Waals surface area contributed by atoms with Crippen molar-refractivity contribution >= 4 is 60.5 Å². The van der Waals surface area contributed by atoms with Gasteiger partial charge in [0.25, 0.3) is 0 Å². The molecule has 1 aromatic heterocycles. The van der Waals surface area contributed by atoms with E-state index in [1.807, 2.05) is 84.9 Å². The summed E-state index contributed by atoms with van der Waals surface area (Å²) >= 11 is 1.75. The molecule has 0 bridgehead atoms. The van der Waals surface area contributed by atoms with Crippen LogP contribution in [0, 0.1) is 0 Å². The second-order valence-electron chi connectivity index (χ2n) is 10.2. The predicted octanol–water partition coefficient (Wildman–Crippen LogP) is 9.55. The van der Waals surface area contributed by atoms with Crippen LogP contribution < -0.4 is 4.90 Å². The molecule has 1 aliphatic rings. The van der Waals surface area contributed by atoms with Crippen molar-refractivity contribution in [2.75, 3.05) is 4.90 Å². The SMILES string of the molecule is O=S(=O)(c1ccc(N2c3ccccc3Sc3ccccc32)cc1)c1ccccc1-n1c2ccccc2c2ccccc21. The quantitative estimate of drug-likeness (QED) is 0.208. The highest BCUT2D eigenvalue weighted by atomic mass is 32.2. The zero-order chi connectivity index (χ0) is 28.3. The highest BCUT2D eigenvalue weighted by molar-refractivity contribution is 7.99. The van der Waals surface area contributed by atoms with Crippen molar-refractivity contribution in [2.24, 2.45) is 0 Å². The number of sulfone groups is 1. The summed E-state index contributed by atoms with van der Waals surface area (Å²) in [4.78, 5) is 5.05. The van der Waals surface area contributed by atoms with E-state index < -0.39 is 9.84 Å². The molecule has 0 radical (unpaired) electrons. The molecule has 4 nitrogen and oxygen atoms in total. The summed E-state index contributed by atoms with van der Waals surface area (Å²) in [6.07, 6.45) is 0. The van der Waals surface area contributed by atoms with Crippen LogP contribution in [0.15, 0.2) is 165 Å². The van der Waals surface area contributed by atoms with Gasteiger partial charge in [0, 0.05) is 26.3 Å². The predicted molar refractivity (Wildman–Crippen MR) is 171 cm³/mol. The van der Waals surface area contributed by atoms with Crippen molar-refractivity contribution in [1.82, 2.24) is 4.57 Å². The van der Waals surface area contributed by atoms with E-state index in [1.54, 1.807) is 36.0 Å². The number of hydrogen-bond donors (Lipinski definition) is 0. The Morgan fingerprint density at radius 2 is 0.952 bits per heavy atom. The van der Waals surface area contributed by atoms with Gasteiger partial charge in [0.2, 0.25) is 9.84 Å². The Morgan fingerprint density at radius 1 is 0.476 bits per heavy atom. The van der Waals surface area contributed by atoms with E-state index in [1.165, 1.54) is 0 Å². The summed E-state index contributed by atoms with van der Waals surface area (Å²) in [5.74, 6) is 0. The minimum absolute atomic E-state index is 0.257. The molecule has 2 heterocycles. The minimum Gasteiger partial charge on any atom is -0.308 e. The van der Waals surface area contributed by atoms with E-state index in [4.69, 9.17) is 0 Å². The molecule has 0 spiro atoms. The summed E-state index contributed by atoms with van der Waals surface area (Å²) in [7, 11) is -3.84. The van der Waals surface area contributed by atoms with Gasteiger partial charge in [0.15, 0.2) is 0 Å². The summed E-state index contributed by atoms with van der Waals surface area (Å²) in [6.45, 7) is 0. The molecular formula is C36H24N2O2S2. The lowest BCUT2D eigenvalue weighted by molar-refractivity contribution is 0.595. The van der Waals surface area contributed by atoms with Crippen LogP contribution in [-0.4, -0.2) is 13.0 Å². The molecule has 0 aliphatic carbocycles. The molecule has 42 heavy (non-hydrogen) atoms. The lowest BCUT2D eigenvalue weighted by Gasteiger charge is -2.32. The maximum atomic E-state index is 14.3. The fourth-order valence-electron chi connectivity index (χ4n) is 5.94. The summed E-state index contributed by atoms with van der Waals surface area (Å²) < 4.78 is 30.6. The van der Waals surface area contributed by atoms with Crippen LogP contribution in [0.25, 0.3) is 27.5 Å². The van der Waals surface area contributed by atoms with Gasteiger partial charge in [-0.15, -0.1) is 0 Å². The Balaban J connectivity index is 1.25. The highest BCUT2D eigenvalue weighted by Gasteiger charge is 2.27. The molecule has 0 unspecified atom stereocenters. The topological polar surface area (TPSA) is 42.3 Å². The van der Waals surface area contributed by atoms with Crippen LogP contribution in [-0.2, 0) is 9.84 Å². The molecule has 8 rings (SSSR count). The van der Waals surface area contributed by atoms with Crippen LogP contribution in [0.1, 0.15) is 0 Å². The average Bonchev–Trinajstić information content (AvgIpc) is 3.38. The van der Waals surface area contributed by atoms with Gasteiger partial charge in [-0.25, -0.2) is 8.42 Å². The molecule has 6 heteroatoms. The monoisotopic (exact) mass is 580 g/mol. The number of benzene rings is 6. The first kappa shape index (κ1) is 25.0. The van der Waals surface area contributed by atoms with Crippen molar-refractivity contribution in [3.8, 4) is 5.69 Å². The second-order valence-corrected chi connectivity index (χ2v) is 13.2. The van der Waals surface area contributed by atoms with Crippen LogP contribution in [0.2, 0.25) is 0 Å². The number of hydrogen-bond acceptors (Lipinski definition) is 4. The Bertz CT molecular complexity index is 2150. The number of aromatic nitrogens is 1. The molecule has 6 aromatic carbocycles. The van der Waals surface area contributed by atoms with Gasteiger partial charge in [0.1, 0.15) is 0 Å². The molecular weight excluding hydrogens is 557 g/mol. The van der Waals surface area contributed by atoms with Crippen LogP contribution in [0.4, 0.5) is 17.1 Å². The fraction of sp³-hybridized carbons (Fsp3) is 0. The van der Waals surface area contributed by atoms with Gasteiger partial charge >= 0.3 is 0 Å². The van der Waals surface area contributed by atoms with Crippen LogP contribution >= 0.6 is 11.8 Å². The third-order valence-electron chi connectivity index (χ3n) is 7.81. The lowest BCUT2D eigenvalue weighted by Crippen LogP contribution is -2.15.